The number of likely N-dealkylation sites (tertiary alicyclic amines) is 1. The minimum Gasteiger partial charge on any atom is -0.483 e. The van der Waals surface area contributed by atoms with Gasteiger partial charge in [0.1, 0.15) is 6.33 Å². The molecule has 0 aliphatic carbocycles. The molecule has 3 saturated heterocycles. The van der Waals surface area contributed by atoms with Crippen molar-refractivity contribution in [3.05, 3.63) is 23.3 Å². The van der Waals surface area contributed by atoms with Crippen molar-refractivity contribution < 1.29 is 14.7 Å². The molecule has 1 aromatic heterocycles. The van der Waals surface area contributed by atoms with Crippen LogP contribution in [0.1, 0.15) is 67.2 Å². The number of nitrogens with zero attached hydrogens (tertiary/aromatic N) is 4. The molecule has 0 saturated carbocycles. The zero-order chi connectivity index (χ0) is 21.0. The Morgan fingerprint density at radius 3 is 2.55 bits per heavy atom. The summed E-state index contributed by atoms with van der Waals surface area (Å²) in [5.41, 5.74) is 2.33. The van der Waals surface area contributed by atoms with Crippen LogP contribution in [0.3, 0.4) is 0 Å². The molecular weight excluding hydrogens is 368 g/mol. The summed E-state index contributed by atoms with van der Waals surface area (Å²) in [6.07, 6.45) is 9.50. The number of hydrogen-bond acceptors (Lipinski definition) is 5. The molecule has 4 heterocycles. The summed E-state index contributed by atoms with van der Waals surface area (Å²) in [5.74, 6) is 1.40. The third-order valence-electron chi connectivity index (χ3n) is 6.86. The lowest BCUT2D eigenvalue weighted by Gasteiger charge is -2.55. The molecule has 29 heavy (non-hydrogen) atoms. The number of carboxylic acid groups (broad SMARTS) is 1. The highest BCUT2D eigenvalue weighted by molar-refractivity contribution is 5.96. The van der Waals surface area contributed by atoms with Crippen LogP contribution in [-0.2, 0) is 4.79 Å². The van der Waals surface area contributed by atoms with Crippen LogP contribution in [0.4, 0.5) is 0 Å². The first-order valence-corrected chi connectivity index (χ1v) is 10.9. The monoisotopic (exact) mass is 402 g/mol. The molecule has 3 fully saturated rings. The van der Waals surface area contributed by atoms with Crippen LogP contribution < -0.4 is 0 Å². The van der Waals surface area contributed by atoms with Crippen molar-refractivity contribution >= 4 is 12.4 Å². The number of rotatable bonds is 3. The van der Waals surface area contributed by atoms with Crippen molar-refractivity contribution in [2.24, 2.45) is 11.8 Å². The molecule has 0 radical (unpaired) electrons. The van der Waals surface area contributed by atoms with Crippen LogP contribution in [0, 0.1) is 25.7 Å². The number of carbonyl (C=O) groups is 2. The number of amides is 1. The largest absolute Gasteiger partial charge is 0.483 e. The number of aromatic nitrogens is 2. The highest BCUT2D eigenvalue weighted by Gasteiger charge is 2.45. The fraction of sp³-hybridized carbons (Fsp3) is 0.727. The topological polar surface area (TPSA) is 86.6 Å². The van der Waals surface area contributed by atoms with E-state index in [1.165, 1.54) is 45.1 Å². The predicted molar refractivity (Wildman–Crippen MR) is 111 cm³/mol. The number of aryl methyl sites for hydroxylation is 2. The minimum atomic E-state index is -0.250. The Morgan fingerprint density at radius 1 is 1.21 bits per heavy atom. The second-order valence-electron chi connectivity index (χ2n) is 8.73. The number of fused-ring (bicyclic) bond motifs is 4. The van der Waals surface area contributed by atoms with E-state index in [1.54, 1.807) is 6.33 Å². The normalized spacial score (nSPS) is 28.7. The van der Waals surface area contributed by atoms with Crippen molar-refractivity contribution in [1.29, 1.82) is 0 Å². The molecule has 7 nitrogen and oxygen atoms in total. The lowest BCUT2D eigenvalue weighted by atomic mass is 9.74. The summed E-state index contributed by atoms with van der Waals surface area (Å²) in [6.45, 7) is 8.88. The van der Waals surface area contributed by atoms with Gasteiger partial charge in [0.25, 0.3) is 12.4 Å². The van der Waals surface area contributed by atoms with E-state index in [2.05, 4.69) is 26.7 Å². The zero-order valence-electron chi connectivity index (χ0n) is 17.9. The van der Waals surface area contributed by atoms with Gasteiger partial charge in [-0.1, -0.05) is 19.8 Å². The molecule has 0 aromatic carbocycles. The van der Waals surface area contributed by atoms with Crippen LogP contribution in [-0.4, -0.2) is 69.0 Å². The standard InChI is InChI=1S/C21H32N4O.CH2O2/c1-4-6-18-7-5-8-19-17-9-16(11-25(18)19)10-24(12-17)21(26)20-14(2)22-13-23-15(20)3;2-1-3/h13,16-19H,4-12H2,1-3H3;1H,(H,2,3)/t16-,17+,18-,19-;/m0./s1. The van der Waals surface area contributed by atoms with Gasteiger partial charge in [0, 0.05) is 31.7 Å². The van der Waals surface area contributed by atoms with Crippen LogP contribution in [0.15, 0.2) is 6.33 Å². The minimum absolute atomic E-state index is 0.143. The van der Waals surface area contributed by atoms with Crippen molar-refractivity contribution in [3.8, 4) is 0 Å². The molecule has 2 bridgehead atoms. The van der Waals surface area contributed by atoms with E-state index in [4.69, 9.17) is 9.90 Å². The van der Waals surface area contributed by atoms with Crippen LogP contribution in [0.5, 0.6) is 0 Å². The van der Waals surface area contributed by atoms with Gasteiger partial charge < -0.3 is 10.0 Å². The Hall–Kier alpha value is -2.02. The molecule has 4 atom stereocenters. The van der Waals surface area contributed by atoms with Gasteiger partial charge in [0.05, 0.1) is 17.0 Å². The van der Waals surface area contributed by atoms with E-state index in [9.17, 15) is 4.79 Å². The highest BCUT2D eigenvalue weighted by atomic mass is 16.3. The van der Waals surface area contributed by atoms with Crippen molar-refractivity contribution in [2.45, 2.75) is 71.4 Å². The summed E-state index contributed by atoms with van der Waals surface area (Å²) in [5, 5.41) is 6.89. The Labute approximate surface area is 173 Å². The molecule has 3 aliphatic heterocycles. The molecule has 3 aliphatic rings. The molecule has 1 amide bonds. The first kappa shape index (κ1) is 21.7. The average Bonchev–Trinajstić information content (AvgIpc) is 2.69. The van der Waals surface area contributed by atoms with E-state index in [-0.39, 0.29) is 12.4 Å². The smallest absolute Gasteiger partial charge is 0.290 e. The fourth-order valence-electron chi connectivity index (χ4n) is 5.78. The lowest BCUT2D eigenvalue weighted by molar-refractivity contribution is -0.122. The van der Waals surface area contributed by atoms with Gasteiger partial charge in [-0.05, 0) is 51.4 Å². The molecular formula is C22H34N4O3. The van der Waals surface area contributed by atoms with Crippen molar-refractivity contribution in [2.75, 3.05) is 19.6 Å². The highest BCUT2D eigenvalue weighted by Crippen LogP contribution is 2.40. The summed E-state index contributed by atoms with van der Waals surface area (Å²) >= 11 is 0. The SMILES string of the molecule is CCC[C@H]1CCC[C@H]2[C@@H]3C[C@@H](CN(C(=O)c4c(C)ncnc4C)C3)CN12.O=CO. The predicted octanol–water partition coefficient (Wildman–Crippen LogP) is 2.91. The molecule has 7 heteroatoms. The van der Waals surface area contributed by atoms with Crippen LogP contribution in [0.25, 0.3) is 0 Å². The second kappa shape index (κ2) is 9.65. The third-order valence-corrected chi connectivity index (χ3v) is 6.86. The van der Waals surface area contributed by atoms with Crippen molar-refractivity contribution in [3.63, 3.8) is 0 Å². The van der Waals surface area contributed by atoms with E-state index >= 15 is 0 Å². The van der Waals surface area contributed by atoms with E-state index in [0.29, 0.717) is 17.9 Å². The van der Waals surface area contributed by atoms with Crippen LogP contribution >= 0.6 is 0 Å². The summed E-state index contributed by atoms with van der Waals surface area (Å²) < 4.78 is 0. The van der Waals surface area contributed by atoms with E-state index in [0.717, 1.165) is 36.1 Å². The third kappa shape index (κ3) is 4.60. The number of hydrogen-bond donors (Lipinski definition) is 1. The number of piperidine rings is 3. The van der Waals surface area contributed by atoms with Gasteiger partial charge in [0.15, 0.2) is 0 Å². The van der Waals surface area contributed by atoms with Gasteiger partial charge in [0.2, 0.25) is 0 Å². The number of carbonyl (C=O) groups excluding carboxylic acids is 1. The molecule has 1 aromatic rings. The fourth-order valence-corrected chi connectivity index (χ4v) is 5.78. The maximum atomic E-state index is 13.2. The molecule has 0 spiro atoms. The lowest BCUT2D eigenvalue weighted by Crippen LogP contribution is -2.62. The van der Waals surface area contributed by atoms with E-state index in [1.807, 2.05) is 13.8 Å². The Balaban J connectivity index is 0.000000755. The Morgan fingerprint density at radius 2 is 1.90 bits per heavy atom. The van der Waals surface area contributed by atoms with Gasteiger partial charge >= 0.3 is 0 Å². The Kier molecular flexibility index (Phi) is 7.22. The van der Waals surface area contributed by atoms with Crippen LogP contribution in [0.2, 0.25) is 0 Å². The maximum absolute atomic E-state index is 13.2. The van der Waals surface area contributed by atoms with E-state index < -0.39 is 0 Å². The molecule has 160 valence electrons. The van der Waals surface area contributed by atoms with Gasteiger partial charge in [-0.15, -0.1) is 0 Å². The van der Waals surface area contributed by atoms with Gasteiger partial charge in [-0.3, -0.25) is 14.5 Å². The summed E-state index contributed by atoms with van der Waals surface area (Å²) in [7, 11) is 0. The summed E-state index contributed by atoms with van der Waals surface area (Å²) in [4.78, 5) is 35.0. The first-order valence-electron chi connectivity index (χ1n) is 10.9. The van der Waals surface area contributed by atoms with Gasteiger partial charge in [-0.2, -0.15) is 0 Å². The first-order chi connectivity index (χ1) is 14.0. The average molecular weight is 403 g/mol. The second-order valence-corrected chi connectivity index (χ2v) is 8.73. The molecule has 4 rings (SSSR count). The zero-order valence-corrected chi connectivity index (χ0v) is 17.9. The Bertz CT molecular complexity index is 704. The quantitative estimate of drug-likeness (QED) is 0.783. The molecule has 0 unspecified atom stereocenters. The van der Waals surface area contributed by atoms with Crippen molar-refractivity contribution in [1.82, 2.24) is 19.8 Å². The maximum Gasteiger partial charge on any atom is 0.290 e. The molecule has 1 N–H and O–H groups in total. The summed E-state index contributed by atoms with van der Waals surface area (Å²) in [6, 6.07) is 1.46. The van der Waals surface area contributed by atoms with Gasteiger partial charge in [-0.25, -0.2) is 9.97 Å².